The summed E-state index contributed by atoms with van der Waals surface area (Å²) in [6, 6.07) is 6.15. The monoisotopic (exact) mass is 302 g/mol. The first-order chi connectivity index (χ1) is 10.6. The molecule has 2 fully saturated rings. The smallest absolute Gasteiger partial charge is 0.227 e. The molecule has 0 aromatic heterocycles. The Morgan fingerprint density at radius 2 is 1.95 bits per heavy atom. The summed E-state index contributed by atoms with van der Waals surface area (Å²) in [4.78, 5) is 12.7. The topological polar surface area (TPSA) is 64.3 Å². The Hall–Kier alpha value is -1.55. The summed E-state index contributed by atoms with van der Waals surface area (Å²) in [7, 11) is 1.63. The van der Waals surface area contributed by atoms with E-state index in [9.17, 15) is 4.79 Å². The molecule has 2 bridgehead atoms. The third kappa shape index (κ3) is 2.98. The van der Waals surface area contributed by atoms with Gasteiger partial charge in [-0.15, -0.1) is 0 Å². The quantitative estimate of drug-likeness (QED) is 0.901. The van der Waals surface area contributed by atoms with Gasteiger partial charge in [0.2, 0.25) is 5.91 Å². The number of hydrogen-bond acceptors (Lipinski definition) is 3. The molecule has 4 heteroatoms. The van der Waals surface area contributed by atoms with Gasteiger partial charge < -0.3 is 15.8 Å². The van der Waals surface area contributed by atoms with Crippen LogP contribution in [0.2, 0.25) is 0 Å². The van der Waals surface area contributed by atoms with Crippen LogP contribution in [0.1, 0.15) is 37.7 Å². The van der Waals surface area contributed by atoms with Crippen molar-refractivity contribution >= 4 is 11.6 Å². The summed E-state index contributed by atoms with van der Waals surface area (Å²) in [5.41, 5.74) is 8.19. The highest BCUT2D eigenvalue weighted by Crippen LogP contribution is 2.42. The van der Waals surface area contributed by atoms with Gasteiger partial charge in [-0.05, 0) is 62.1 Å². The summed E-state index contributed by atoms with van der Waals surface area (Å²) in [6.45, 7) is 2.01. The van der Waals surface area contributed by atoms with E-state index < -0.39 is 0 Å². The number of carbonyl (C=O) groups excluding carboxylic acids is 1. The van der Waals surface area contributed by atoms with Crippen LogP contribution >= 0.6 is 0 Å². The molecule has 1 aromatic rings. The van der Waals surface area contributed by atoms with E-state index in [1.165, 1.54) is 19.3 Å². The largest absolute Gasteiger partial charge is 0.495 e. The third-order valence-corrected chi connectivity index (χ3v) is 5.40. The fourth-order valence-corrected chi connectivity index (χ4v) is 4.14. The summed E-state index contributed by atoms with van der Waals surface area (Å²) in [5.74, 6) is 1.96. The molecule has 2 saturated carbocycles. The highest BCUT2D eigenvalue weighted by Gasteiger charge is 2.40. The van der Waals surface area contributed by atoms with E-state index in [0.29, 0.717) is 17.9 Å². The van der Waals surface area contributed by atoms with Crippen LogP contribution in [0.4, 0.5) is 5.69 Å². The Balaban J connectivity index is 1.70. The fourth-order valence-electron chi connectivity index (χ4n) is 4.14. The molecular weight excluding hydrogens is 276 g/mol. The van der Waals surface area contributed by atoms with Crippen LogP contribution in [0.15, 0.2) is 18.2 Å². The van der Waals surface area contributed by atoms with Crippen LogP contribution in [-0.2, 0) is 4.79 Å². The minimum absolute atomic E-state index is 0.0844. The van der Waals surface area contributed by atoms with Crippen molar-refractivity contribution in [2.75, 3.05) is 12.4 Å². The Morgan fingerprint density at radius 3 is 2.59 bits per heavy atom. The molecule has 2 atom stereocenters. The second-order valence-corrected chi connectivity index (χ2v) is 6.89. The zero-order valence-corrected chi connectivity index (χ0v) is 13.5. The number of aryl methyl sites for hydroxylation is 1. The maximum Gasteiger partial charge on any atom is 0.227 e. The van der Waals surface area contributed by atoms with E-state index in [1.54, 1.807) is 7.11 Å². The molecule has 120 valence electrons. The van der Waals surface area contributed by atoms with Crippen molar-refractivity contribution < 1.29 is 9.53 Å². The summed E-state index contributed by atoms with van der Waals surface area (Å²) < 4.78 is 5.37. The predicted octanol–water partition coefficient (Wildman–Crippen LogP) is 3.10. The second kappa shape index (κ2) is 6.29. The van der Waals surface area contributed by atoms with Gasteiger partial charge in [0.25, 0.3) is 0 Å². The van der Waals surface area contributed by atoms with Gasteiger partial charge in [0.1, 0.15) is 5.75 Å². The van der Waals surface area contributed by atoms with Crippen molar-refractivity contribution in [3.05, 3.63) is 23.8 Å². The highest BCUT2D eigenvalue weighted by molar-refractivity contribution is 5.94. The molecule has 1 aromatic carbocycles. The molecule has 0 heterocycles. The van der Waals surface area contributed by atoms with Crippen LogP contribution in [0.5, 0.6) is 5.75 Å². The summed E-state index contributed by atoms with van der Waals surface area (Å²) in [5, 5.41) is 3.06. The number of nitrogens with one attached hydrogen (secondary N) is 1. The van der Waals surface area contributed by atoms with Crippen molar-refractivity contribution in [3.63, 3.8) is 0 Å². The average Bonchev–Trinajstić information content (AvgIpc) is 2.48. The Labute approximate surface area is 132 Å². The lowest BCUT2D eigenvalue weighted by molar-refractivity contribution is -0.122. The van der Waals surface area contributed by atoms with Crippen LogP contribution in [0, 0.1) is 24.7 Å². The number of benzene rings is 1. The number of methoxy groups -OCH3 is 1. The number of nitrogens with two attached hydrogens (primary N) is 1. The maximum absolute atomic E-state index is 12.7. The normalized spacial score (nSPS) is 30.7. The van der Waals surface area contributed by atoms with Crippen molar-refractivity contribution in [1.82, 2.24) is 0 Å². The molecule has 4 nitrogen and oxygen atoms in total. The zero-order valence-electron chi connectivity index (χ0n) is 13.5. The molecule has 22 heavy (non-hydrogen) atoms. The molecular formula is C18H26N2O2. The van der Waals surface area contributed by atoms with E-state index in [1.807, 2.05) is 25.1 Å². The van der Waals surface area contributed by atoms with Crippen molar-refractivity contribution in [1.29, 1.82) is 0 Å². The van der Waals surface area contributed by atoms with Gasteiger partial charge in [-0.3, -0.25) is 4.79 Å². The molecule has 2 unspecified atom stereocenters. The minimum Gasteiger partial charge on any atom is -0.495 e. The third-order valence-electron chi connectivity index (χ3n) is 5.40. The number of ether oxygens (including phenoxy) is 1. The molecule has 0 spiro atoms. The summed E-state index contributed by atoms with van der Waals surface area (Å²) >= 11 is 0. The molecule has 0 saturated heterocycles. The van der Waals surface area contributed by atoms with Crippen LogP contribution in [-0.4, -0.2) is 19.1 Å². The Bertz CT molecular complexity index is 544. The lowest BCUT2D eigenvalue weighted by Gasteiger charge is -2.43. The number of rotatable bonds is 3. The minimum atomic E-state index is 0.0844. The first-order valence-electron chi connectivity index (χ1n) is 8.29. The van der Waals surface area contributed by atoms with E-state index in [-0.39, 0.29) is 11.8 Å². The number of hydrogen-bond donors (Lipinski definition) is 2. The van der Waals surface area contributed by atoms with Gasteiger partial charge in [0, 0.05) is 12.0 Å². The van der Waals surface area contributed by atoms with E-state index in [2.05, 4.69) is 5.32 Å². The molecule has 2 aliphatic carbocycles. The highest BCUT2D eigenvalue weighted by atomic mass is 16.5. The molecule has 1 amide bonds. The predicted molar refractivity (Wildman–Crippen MR) is 87.9 cm³/mol. The van der Waals surface area contributed by atoms with Gasteiger partial charge in [-0.25, -0.2) is 0 Å². The van der Waals surface area contributed by atoms with Crippen LogP contribution in [0.25, 0.3) is 0 Å². The lowest BCUT2D eigenvalue weighted by atomic mass is 9.65. The van der Waals surface area contributed by atoms with Gasteiger partial charge in [0.05, 0.1) is 12.8 Å². The van der Waals surface area contributed by atoms with E-state index in [4.69, 9.17) is 10.5 Å². The van der Waals surface area contributed by atoms with Crippen LogP contribution in [0.3, 0.4) is 0 Å². The second-order valence-electron chi connectivity index (χ2n) is 6.89. The first kappa shape index (κ1) is 15.3. The molecule has 3 rings (SSSR count). The Kier molecular flexibility index (Phi) is 4.39. The number of amides is 1. The van der Waals surface area contributed by atoms with Gasteiger partial charge >= 0.3 is 0 Å². The number of fused-ring (bicyclic) bond motifs is 2. The molecule has 0 aliphatic heterocycles. The maximum atomic E-state index is 12.7. The molecule has 2 aliphatic rings. The fraction of sp³-hybridized carbons (Fsp3) is 0.611. The number of anilines is 1. The summed E-state index contributed by atoms with van der Waals surface area (Å²) in [6.07, 6.45) is 5.48. The van der Waals surface area contributed by atoms with Crippen LogP contribution < -0.4 is 15.8 Å². The standard InChI is InChI=1S/C18H26N2O2/c1-11-6-7-15(16(8-11)22-2)20-18(21)14-9-12-4-3-5-13(10-14)17(12)19/h6-8,12-14,17H,3-5,9-10,19H2,1-2H3,(H,20,21). The van der Waals surface area contributed by atoms with Gasteiger partial charge in [-0.2, -0.15) is 0 Å². The Morgan fingerprint density at radius 1 is 1.27 bits per heavy atom. The van der Waals surface area contributed by atoms with E-state index in [0.717, 1.165) is 29.8 Å². The van der Waals surface area contributed by atoms with Gasteiger partial charge in [0.15, 0.2) is 0 Å². The van der Waals surface area contributed by atoms with Crippen molar-refractivity contribution in [2.45, 2.75) is 45.1 Å². The van der Waals surface area contributed by atoms with Gasteiger partial charge in [-0.1, -0.05) is 12.5 Å². The average molecular weight is 302 g/mol. The zero-order chi connectivity index (χ0) is 15.7. The first-order valence-corrected chi connectivity index (χ1v) is 8.29. The lowest BCUT2D eigenvalue weighted by Crippen LogP contribution is -2.48. The number of carbonyl (C=O) groups is 1. The van der Waals surface area contributed by atoms with E-state index >= 15 is 0 Å². The molecule has 3 N–H and O–H groups in total. The SMILES string of the molecule is COc1cc(C)ccc1NC(=O)C1CC2CCCC(C1)C2N. The van der Waals surface area contributed by atoms with Crippen molar-refractivity contribution in [3.8, 4) is 5.75 Å². The van der Waals surface area contributed by atoms with Crippen molar-refractivity contribution in [2.24, 2.45) is 23.5 Å². The molecule has 0 radical (unpaired) electrons.